The zero-order valence-corrected chi connectivity index (χ0v) is 16.2. The van der Waals surface area contributed by atoms with E-state index in [1.54, 1.807) is 0 Å². The molecule has 0 heterocycles. The van der Waals surface area contributed by atoms with E-state index in [1.807, 2.05) is 0 Å². The monoisotopic (exact) mass is 342 g/mol. The minimum Gasteiger partial charge on any atom is -0.396 e. The van der Waals surface area contributed by atoms with Crippen molar-refractivity contribution in [3.63, 3.8) is 0 Å². The lowest BCUT2D eigenvalue weighted by Gasteiger charge is -2.23. The first-order chi connectivity index (χ1) is 11.4. The number of hydrogen-bond acceptors (Lipinski definition) is 3. The molecule has 0 aromatic rings. The van der Waals surface area contributed by atoms with E-state index < -0.39 is 0 Å². The van der Waals surface area contributed by atoms with Crippen molar-refractivity contribution in [3.05, 3.63) is 0 Å². The van der Waals surface area contributed by atoms with Crippen molar-refractivity contribution >= 4 is 0 Å². The van der Waals surface area contributed by atoms with E-state index in [0.29, 0.717) is 12.0 Å². The minimum atomic E-state index is -0.122. The summed E-state index contributed by atoms with van der Waals surface area (Å²) >= 11 is 0. The van der Waals surface area contributed by atoms with Gasteiger partial charge in [-0.3, -0.25) is 0 Å². The summed E-state index contributed by atoms with van der Waals surface area (Å²) in [5, 5.41) is 28.2. The fourth-order valence-electron chi connectivity index (χ4n) is 3.83. The maximum Gasteiger partial charge on any atom is 0.0540 e. The average Bonchev–Trinajstić information content (AvgIpc) is 3.26. The van der Waals surface area contributed by atoms with Crippen molar-refractivity contribution < 1.29 is 15.3 Å². The van der Waals surface area contributed by atoms with Crippen LogP contribution >= 0.6 is 0 Å². The summed E-state index contributed by atoms with van der Waals surface area (Å²) < 4.78 is 0. The van der Waals surface area contributed by atoms with Gasteiger partial charge in [0, 0.05) is 13.2 Å². The lowest BCUT2D eigenvalue weighted by Crippen LogP contribution is -2.13. The van der Waals surface area contributed by atoms with E-state index in [9.17, 15) is 5.11 Å². The number of unbranched alkanes of at least 4 members (excludes halogenated alkanes) is 4. The second-order valence-corrected chi connectivity index (χ2v) is 8.96. The highest BCUT2D eigenvalue weighted by Gasteiger charge is 2.40. The number of rotatable bonds is 16. The highest BCUT2D eigenvalue weighted by molar-refractivity contribution is 4.92. The van der Waals surface area contributed by atoms with Gasteiger partial charge < -0.3 is 15.3 Å². The SMILES string of the molecule is CC(C)(CCO)CCCCCC(O)CCCCCC1(CCO)CC1. The normalized spacial score (nSPS) is 17.9. The second-order valence-electron chi connectivity index (χ2n) is 8.96. The molecule has 3 N–H and O–H groups in total. The van der Waals surface area contributed by atoms with Crippen LogP contribution in [0.4, 0.5) is 0 Å². The van der Waals surface area contributed by atoms with E-state index in [0.717, 1.165) is 38.5 Å². The molecule has 1 unspecified atom stereocenters. The van der Waals surface area contributed by atoms with Gasteiger partial charge in [-0.1, -0.05) is 52.4 Å². The predicted molar refractivity (Wildman–Crippen MR) is 101 cm³/mol. The van der Waals surface area contributed by atoms with Gasteiger partial charge in [-0.2, -0.15) is 0 Å². The van der Waals surface area contributed by atoms with Crippen molar-refractivity contribution in [2.45, 2.75) is 110 Å². The topological polar surface area (TPSA) is 60.7 Å². The lowest BCUT2D eigenvalue weighted by atomic mass is 9.84. The molecule has 1 saturated carbocycles. The van der Waals surface area contributed by atoms with Crippen molar-refractivity contribution in [3.8, 4) is 0 Å². The molecule has 1 fully saturated rings. The molecule has 0 saturated heterocycles. The van der Waals surface area contributed by atoms with Crippen molar-refractivity contribution in [2.75, 3.05) is 13.2 Å². The molecule has 24 heavy (non-hydrogen) atoms. The molecule has 1 aliphatic rings. The molecular formula is C21H42O3. The Morgan fingerprint density at radius 1 is 0.792 bits per heavy atom. The van der Waals surface area contributed by atoms with Crippen molar-refractivity contribution in [2.24, 2.45) is 10.8 Å². The Morgan fingerprint density at radius 2 is 1.42 bits per heavy atom. The summed E-state index contributed by atoms with van der Waals surface area (Å²) in [6.45, 7) is 5.08. The van der Waals surface area contributed by atoms with Crippen LogP contribution in [0.15, 0.2) is 0 Å². The van der Waals surface area contributed by atoms with Gasteiger partial charge in [0.25, 0.3) is 0 Å². The Kier molecular flexibility index (Phi) is 10.5. The van der Waals surface area contributed by atoms with E-state index >= 15 is 0 Å². The molecule has 0 aliphatic heterocycles. The quantitative estimate of drug-likeness (QED) is 0.352. The van der Waals surface area contributed by atoms with Crippen molar-refractivity contribution in [1.29, 1.82) is 0 Å². The van der Waals surface area contributed by atoms with Gasteiger partial charge in [0.15, 0.2) is 0 Å². The van der Waals surface area contributed by atoms with Gasteiger partial charge in [0.1, 0.15) is 0 Å². The first-order valence-corrected chi connectivity index (χ1v) is 10.3. The van der Waals surface area contributed by atoms with E-state index in [1.165, 1.54) is 51.4 Å². The van der Waals surface area contributed by atoms with Gasteiger partial charge in [-0.25, -0.2) is 0 Å². The first kappa shape index (κ1) is 21.9. The summed E-state index contributed by atoms with van der Waals surface area (Å²) in [6.07, 6.45) is 15.8. The molecule has 0 aromatic carbocycles. The van der Waals surface area contributed by atoms with Crippen LogP contribution in [0.5, 0.6) is 0 Å². The summed E-state index contributed by atoms with van der Waals surface area (Å²) in [5.41, 5.74) is 0.749. The van der Waals surface area contributed by atoms with Gasteiger partial charge in [-0.15, -0.1) is 0 Å². The zero-order chi connectivity index (χ0) is 17.9. The Hall–Kier alpha value is -0.120. The van der Waals surface area contributed by atoms with Crippen LogP contribution in [-0.2, 0) is 0 Å². The lowest BCUT2D eigenvalue weighted by molar-refractivity contribution is 0.145. The molecule has 1 rings (SSSR count). The Balaban J connectivity index is 1.90. The smallest absolute Gasteiger partial charge is 0.0540 e. The van der Waals surface area contributed by atoms with Crippen molar-refractivity contribution in [1.82, 2.24) is 0 Å². The molecule has 0 radical (unpaired) electrons. The second kappa shape index (κ2) is 11.5. The van der Waals surface area contributed by atoms with Crippen LogP contribution in [0.1, 0.15) is 104 Å². The summed E-state index contributed by atoms with van der Waals surface area (Å²) in [4.78, 5) is 0. The van der Waals surface area contributed by atoms with Crippen LogP contribution < -0.4 is 0 Å². The number of aliphatic hydroxyl groups excluding tert-OH is 3. The van der Waals surface area contributed by atoms with Gasteiger partial charge in [0.2, 0.25) is 0 Å². The van der Waals surface area contributed by atoms with Crippen LogP contribution in [0.2, 0.25) is 0 Å². The summed E-state index contributed by atoms with van der Waals surface area (Å²) in [6, 6.07) is 0. The third-order valence-electron chi connectivity index (χ3n) is 6.02. The number of hydrogen-bond donors (Lipinski definition) is 3. The van der Waals surface area contributed by atoms with Gasteiger partial charge >= 0.3 is 0 Å². The van der Waals surface area contributed by atoms with Gasteiger partial charge in [-0.05, 0) is 62.2 Å². The standard InChI is InChI=1S/C21H42O3/c1-20(2,15-17-22)11-7-3-5-9-19(24)10-6-4-8-12-21(13-14-21)16-18-23/h19,22-24H,3-18H2,1-2H3. The number of aliphatic hydroxyl groups is 3. The first-order valence-electron chi connectivity index (χ1n) is 10.3. The molecule has 3 heteroatoms. The Bertz CT molecular complexity index is 292. The zero-order valence-electron chi connectivity index (χ0n) is 16.2. The van der Waals surface area contributed by atoms with Gasteiger partial charge in [0.05, 0.1) is 6.10 Å². The Labute approximate surface area is 149 Å². The predicted octanol–water partition coefficient (Wildman–Crippen LogP) is 4.82. The van der Waals surface area contributed by atoms with Crippen LogP contribution in [0.25, 0.3) is 0 Å². The van der Waals surface area contributed by atoms with Crippen LogP contribution in [0, 0.1) is 10.8 Å². The molecule has 1 atom stereocenters. The molecule has 1 aliphatic carbocycles. The minimum absolute atomic E-state index is 0.122. The maximum atomic E-state index is 10.1. The van der Waals surface area contributed by atoms with E-state index in [4.69, 9.17) is 10.2 Å². The Morgan fingerprint density at radius 3 is 1.96 bits per heavy atom. The molecule has 3 nitrogen and oxygen atoms in total. The molecule has 0 amide bonds. The molecule has 144 valence electrons. The summed E-state index contributed by atoms with van der Waals surface area (Å²) in [7, 11) is 0. The van der Waals surface area contributed by atoms with E-state index in [2.05, 4.69) is 13.8 Å². The molecular weight excluding hydrogens is 300 g/mol. The highest BCUT2D eigenvalue weighted by Crippen LogP contribution is 2.52. The molecule has 0 spiro atoms. The van der Waals surface area contributed by atoms with Crippen LogP contribution in [-0.4, -0.2) is 34.6 Å². The van der Waals surface area contributed by atoms with Crippen LogP contribution in [0.3, 0.4) is 0 Å². The third kappa shape index (κ3) is 10.0. The fourth-order valence-corrected chi connectivity index (χ4v) is 3.83. The molecule has 0 bridgehead atoms. The third-order valence-corrected chi connectivity index (χ3v) is 6.02. The average molecular weight is 343 g/mol. The molecule has 0 aromatic heterocycles. The fraction of sp³-hybridized carbons (Fsp3) is 1.00. The summed E-state index contributed by atoms with van der Waals surface area (Å²) in [5.74, 6) is 0. The highest BCUT2D eigenvalue weighted by atomic mass is 16.3. The maximum absolute atomic E-state index is 10.1. The van der Waals surface area contributed by atoms with E-state index in [-0.39, 0.29) is 18.1 Å². The largest absolute Gasteiger partial charge is 0.396 e.